The summed E-state index contributed by atoms with van der Waals surface area (Å²) in [5.74, 6) is 0.144. The third-order valence-electron chi connectivity index (χ3n) is 3.89. The average molecular weight is 356 g/mol. The van der Waals surface area contributed by atoms with Crippen LogP contribution in [0, 0.1) is 0 Å². The first-order valence-electron chi connectivity index (χ1n) is 7.46. The van der Waals surface area contributed by atoms with Crippen molar-refractivity contribution in [1.29, 1.82) is 0 Å². The van der Waals surface area contributed by atoms with Crippen molar-refractivity contribution in [3.8, 4) is 0 Å². The highest BCUT2D eigenvalue weighted by Crippen LogP contribution is 2.25. The van der Waals surface area contributed by atoms with Crippen molar-refractivity contribution < 1.29 is 4.79 Å². The quantitative estimate of drug-likeness (QED) is 0.774. The molecule has 1 unspecified atom stereocenters. The van der Waals surface area contributed by atoms with Crippen LogP contribution in [0.15, 0.2) is 29.1 Å². The number of aromatic nitrogens is 2. The molecule has 2 rings (SSSR count). The summed E-state index contributed by atoms with van der Waals surface area (Å²) in [7, 11) is 1.66. The Labute approximate surface area is 144 Å². The van der Waals surface area contributed by atoms with Gasteiger partial charge in [0.15, 0.2) is 4.84 Å². The zero-order valence-corrected chi connectivity index (χ0v) is 14.8. The first-order chi connectivity index (χ1) is 10.9. The Morgan fingerprint density at radius 1 is 1.30 bits per heavy atom. The average Bonchev–Trinajstić information content (AvgIpc) is 2.55. The molecule has 1 heterocycles. The van der Waals surface area contributed by atoms with Gasteiger partial charge in [0.25, 0.3) is 11.5 Å². The van der Waals surface area contributed by atoms with Gasteiger partial charge in [0.2, 0.25) is 0 Å². The van der Waals surface area contributed by atoms with Gasteiger partial charge in [-0.3, -0.25) is 14.2 Å². The molecule has 0 spiro atoms. The lowest BCUT2D eigenvalue weighted by Crippen LogP contribution is -2.40. The van der Waals surface area contributed by atoms with Gasteiger partial charge in [-0.1, -0.05) is 42.3 Å². The van der Waals surface area contributed by atoms with E-state index in [2.05, 4.69) is 4.98 Å². The van der Waals surface area contributed by atoms with Gasteiger partial charge in [-0.2, -0.15) is 0 Å². The number of hydrogen-bond donors (Lipinski definition) is 0. The largest absolute Gasteiger partial charge is 0.330 e. The van der Waals surface area contributed by atoms with Gasteiger partial charge in [0.1, 0.15) is 5.82 Å². The van der Waals surface area contributed by atoms with Crippen LogP contribution in [0.4, 0.5) is 0 Å². The molecule has 1 aromatic carbocycles. The fourth-order valence-electron chi connectivity index (χ4n) is 2.73. The van der Waals surface area contributed by atoms with Crippen LogP contribution >= 0.6 is 23.2 Å². The molecule has 0 saturated heterocycles. The highest BCUT2D eigenvalue weighted by Gasteiger charge is 2.29. The van der Waals surface area contributed by atoms with E-state index < -0.39 is 4.84 Å². The Kier molecular flexibility index (Phi) is 5.65. The third kappa shape index (κ3) is 3.35. The Bertz CT molecular complexity index is 773. The normalized spacial score (nSPS) is 12.6. The maximum Gasteiger partial charge on any atom is 0.261 e. The monoisotopic (exact) mass is 355 g/mol. The van der Waals surface area contributed by atoms with Gasteiger partial charge in [-0.05, 0) is 25.5 Å². The van der Waals surface area contributed by atoms with Crippen LogP contribution in [-0.4, -0.2) is 31.7 Å². The van der Waals surface area contributed by atoms with Crippen molar-refractivity contribution in [2.75, 3.05) is 6.54 Å². The lowest BCUT2D eigenvalue weighted by Gasteiger charge is -2.31. The molecule has 0 radical (unpaired) electrons. The van der Waals surface area contributed by atoms with Gasteiger partial charge >= 0.3 is 0 Å². The Morgan fingerprint density at radius 2 is 1.96 bits per heavy atom. The van der Waals surface area contributed by atoms with Gasteiger partial charge in [0.05, 0.1) is 16.9 Å². The smallest absolute Gasteiger partial charge is 0.261 e. The fraction of sp³-hybridized carbons (Fsp3) is 0.438. The minimum atomic E-state index is -1.14. The zero-order valence-electron chi connectivity index (χ0n) is 13.3. The van der Waals surface area contributed by atoms with Crippen molar-refractivity contribution in [3.05, 3.63) is 40.4 Å². The molecule has 23 heavy (non-hydrogen) atoms. The van der Waals surface area contributed by atoms with E-state index >= 15 is 0 Å². The number of carbonyl (C=O) groups is 1. The van der Waals surface area contributed by atoms with Gasteiger partial charge in [-0.25, -0.2) is 4.98 Å². The molecule has 0 fully saturated rings. The molecule has 0 saturated carbocycles. The Morgan fingerprint density at radius 3 is 2.52 bits per heavy atom. The fourth-order valence-corrected chi connectivity index (χ4v) is 2.98. The van der Waals surface area contributed by atoms with Crippen molar-refractivity contribution >= 4 is 40.0 Å². The van der Waals surface area contributed by atoms with E-state index in [4.69, 9.17) is 23.2 Å². The number of fused-ring (bicyclic) bond motifs is 1. The van der Waals surface area contributed by atoms with E-state index in [0.29, 0.717) is 29.7 Å². The van der Waals surface area contributed by atoms with Crippen molar-refractivity contribution in [1.82, 2.24) is 14.5 Å². The van der Waals surface area contributed by atoms with E-state index in [1.165, 1.54) is 4.57 Å². The van der Waals surface area contributed by atoms with Crippen LogP contribution in [0.3, 0.4) is 0 Å². The van der Waals surface area contributed by atoms with Crippen LogP contribution in [0.25, 0.3) is 10.9 Å². The number of amides is 1. The summed E-state index contributed by atoms with van der Waals surface area (Å²) in [5, 5.41) is 0.551. The van der Waals surface area contributed by atoms with Gasteiger partial charge in [-0.15, -0.1) is 0 Å². The second kappa shape index (κ2) is 7.32. The number of carbonyl (C=O) groups excluding carboxylic acids is 1. The van der Waals surface area contributed by atoms with Gasteiger partial charge in [0, 0.05) is 13.6 Å². The van der Waals surface area contributed by atoms with E-state index in [1.807, 2.05) is 19.9 Å². The van der Waals surface area contributed by atoms with Crippen LogP contribution in [0.5, 0.6) is 0 Å². The van der Waals surface area contributed by atoms with Crippen molar-refractivity contribution in [2.45, 2.75) is 31.1 Å². The second-order valence-corrected chi connectivity index (χ2v) is 6.30. The first kappa shape index (κ1) is 17.8. The lowest BCUT2D eigenvalue weighted by atomic mass is 10.1. The van der Waals surface area contributed by atoms with Crippen LogP contribution < -0.4 is 5.56 Å². The molecule has 1 aromatic heterocycles. The van der Waals surface area contributed by atoms with Crippen LogP contribution in [0.1, 0.15) is 32.1 Å². The molecular formula is C16H19Cl2N3O2. The SMILES string of the molecule is CCC(c1nc2ccccc2c(=O)n1C)N(CC)C(=O)C(Cl)Cl. The molecule has 2 aromatic rings. The molecule has 5 nitrogen and oxygen atoms in total. The molecule has 1 atom stereocenters. The zero-order chi connectivity index (χ0) is 17.1. The summed E-state index contributed by atoms with van der Waals surface area (Å²) in [6.07, 6.45) is 0.596. The molecular weight excluding hydrogens is 337 g/mol. The first-order valence-corrected chi connectivity index (χ1v) is 8.33. The maximum atomic E-state index is 12.6. The number of nitrogens with zero attached hydrogens (tertiary/aromatic N) is 3. The van der Waals surface area contributed by atoms with Crippen LogP contribution in [-0.2, 0) is 11.8 Å². The second-order valence-electron chi connectivity index (χ2n) is 5.20. The highest BCUT2D eigenvalue weighted by atomic mass is 35.5. The predicted molar refractivity (Wildman–Crippen MR) is 92.9 cm³/mol. The molecule has 7 heteroatoms. The number of hydrogen-bond acceptors (Lipinski definition) is 3. The molecule has 124 valence electrons. The summed E-state index contributed by atoms with van der Waals surface area (Å²) < 4.78 is 1.49. The van der Waals surface area contributed by atoms with Crippen molar-refractivity contribution in [2.24, 2.45) is 7.05 Å². The van der Waals surface area contributed by atoms with E-state index in [1.54, 1.807) is 30.1 Å². The molecule has 1 amide bonds. The predicted octanol–water partition coefficient (Wildman–Crippen LogP) is 3.04. The Hall–Kier alpha value is -1.59. The third-order valence-corrected chi connectivity index (χ3v) is 4.26. The summed E-state index contributed by atoms with van der Waals surface area (Å²) in [4.78, 5) is 29.8. The number of para-hydroxylation sites is 1. The topological polar surface area (TPSA) is 55.2 Å². The molecule has 0 bridgehead atoms. The summed E-state index contributed by atoms with van der Waals surface area (Å²) in [6.45, 7) is 4.20. The molecule has 0 N–H and O–H groups in total. The van der Waals surface area contributed by atoms with E-state index in [9.17, 15) is 9.59 Å². The Balaban J connectivity index is 2.61. The van der Waals surface area contributed by atoms with E-state index in [0.717, 1.165) is 0 Å². The van der Waals surface area contributed by atoms with Crippen molar-refractivity contribution in [3.63, 3.8) is 0 Å². The molecule has 0 aliphatic heterocycles. The summed E-state index contributed by atoms with van der Waals surface area (Å²) in [5.41, 5.74) is 0.474. The minimum Gasteiger partial charge on any atom is -0.330 e. The maximum absolute atomic E-state index is 12.6. The summed E-state index contributed by atoms with van der Waals surface area (Å²) >= 11 is 11.5. The van der Waals surface area contributed by atoms with Crippen LogP contribution in [0.2, 0.25) is 0 Å². The standard InChI is InChI=1S/C16H19Cl2N3O2/c1-4-12(21(5-2)16(23)13(17)18)14-19-11-9-7-6-8-10(11)15(22)20(14)3/h6-9,12-13H,4-5H2,1-3H3. The highest BCUT2D eigenvalue weighted by molar-refractivity contribution is 6.53. The molecule has 0 aliphatic rings. The van der Waals surface area contributed by atoms with E-state index in [-0.39, 0.29) is 17.5 Å². The number of alkyl halides is 2. The number of benzene rings is 1. The number of rotatable bonds is 5. The number of halogens is 2. The molecule has 0 aliphatic carbocycles. The minimum absolute atomic E-state index is 0.138. The lowest BCUT2D eigenvalue weighted by molar-refractivity contribution is -0.131. The summed E-state index contributed by atoms with van der Waals surface area (Å²) in [6, 6.07) is 6.80. The van der Waals surface area contributed by atoms with Gasteiger partial charge < -0.3 is 4.90 Å².